The second-order valence-electron chi connectivity index (χ2n) is 6.51. The lowest BCUT2D eigenvalue weighted by Crippen LogP contribution is -2.55. The Morgan fingerprint density at radius 1 is 1.21 bits per heavy atom. The molecule has 28 heavy (non-hydrogen) atoms. The van der Waals surface area contributed by atoms with E-state index < -0.39 is 36.4 Å². The monoisotopic (exact) mass is 417 g/mol. The number of hydrogen-bond acceptors (Lipinski definition) is 6. The summed E-state index contributed by atoms with van der Waals surface area (Å²) in [7, 11) is 0. The van der Waals surface area contributed by atoms with E-state index in [9.17, 15) is 14.4 Å². The van der Waals surface area contributed by atoms with Crippen LogP contribution >= 0.6 is 12.4 Å². The van der Waals surface area contributed by atoms with E-state index in [0.717, 1.165) is 0 Å². The number of aliphatic carboxylic acids is 1. The second-order valence-corrected chi connectivity index (χ2v) is 6.51. The van der Waals surface area contributed by atoms with Gasteiger partial charge in [-0.3, -0.25) is 14.4 Å². The summed E-state index contributed by atoms with van der Waals surface area (Å²) in [4.78, 5) is 40.9. The number of carbonyl (C=O) groups is 3. The Balaban J connectivity index is 0.00000729. The van der Waals surface area contributed by atoms with Crippen molar-refractivity contribution >= 4 is 30.2 Å². The van der Waals surface area contributed by atoms with E-state index in [1.807, 2.05) is 0 Å². The highest BCUT2D eigenvalue weighted by Crippen LogP contribution is 2.22. The third kappa shape index (κ3) is 7.89. The van der Waals surface area contributed by atoms with E-state index in [0.29, 0.717) is 6.42 Å². The fourth-order valence-corrected chi connectivity index (χ4v) is 2.88. The molecular formula is C14H24ClN9O4. The molecule has 156 valence electrons. The number of azide groups is 2. The maximum absolute atomic E-state index is 12.7. The fraction of sp³-hybridized carbons (Fsp3) is 0.786. The van der Waals surface area contributed by atoms with Gasteiger partial charge < -0.3 is 21.1 Å². The van der Waals surface area contributed by atoms with Gasteiger partial charge in [0.25, 0.3) is 0 Å². The first-order valence-electron chi connectivity index (χ1n) is 8.37. The van der Waals surface area contributed by atoms with Crippen LogP contribution in [0, 0.1) is 11.8 Å². The molecule has 4 atom stereocenters. The largest absolute Gasteiger partial charge is 0.480 e. The third-order valence-electron chi connectivity index (χ3n) is 4.16. The van der Waals surface area contributed by atoms with Gasteiger partial charge in [0.2, 0.25) is 11.8 Å². The highest BCUT2D eigenvalue weighted by molar-refractivity contribution is 5.91. The van der Waals surface area contributed by atoms with E-state index in [1.165, 1.54) is 0 Å². The van der Waals surface area contributed by atoms with Gasteiger partial charge in [-0.1, -0.05) is 24.1 Å². The molecule has 0 aromatic carbocycles. The molecule has 0 bridgehead atoms. The maximum Gasteiger partial charge on any atom is 0.322 e. The summed E-state index contributed by atoms with van der Waals surface area (Å²) >= 11 is 0. The SMILES string of the molecule is CC(C)[C@H](NC(=O)[C@H]1N[C@H](CN=[N+]=[N-])C[C@@H]1CN=[N+]=[N-])C(=O)NCC(=O)O.Cl. The molecule has 0 aliphatic carbocycles. The zero-order chi connectivity index (χ0) is 20.4. The lowest BCUT2D eigenvalue weighted by Gasteiger charge is -2.25. The van der Waals surface area contributed by atoms with Crippen LogP contribution in [0.1, 0.15) is 20.3 Å². The second kappa shape index (κ2) is 12.6. The standard InChI is InChI=1S/C14H23N9O4.ClH/c1-7(2)11(13(26)17-6-10(24)25)21-14(27)12-8(4-18-22-15)3-9(20-12)5-19-23-16;/h7-9,11-12,20H,3-6H2,1-2H3,(H,17,26)(H,21,27)(H,24,25);1H/t8-,9+,11+,12+;/m1./s1. The van der Waals surface area contributed by atoms with Gasteiger partial charge in [-0.2, -0.15) is 0 Å². The van der Waals surface area contributed by atoms with Crippen molar-refractivity contribution in [2.75, 3.05) is 19.6 Å². The summed E-state index contributed by atoms with van der Waals surface area (Å²) < 4.78 is 0. The van der Waals surface area contributed by atoms with Gasteiger partial charge in [0.15, 0.2) is 0 Å². The van der Waals surface area contributed by atoms with E-state index >= 15 is 0 Å². The molecule has 4 N–H and O–H groups in total. The minimum absolute atomic E-state index is 0. The van der Waals surface area contributed by atoms with Crippen LogP contribution in [0.15, 0.2) is 10.2 Å². The number of nitrogens with one attached hydrogen (secondary N) is 3. The van der Waals surface area contributed by atoms with Crippen LogP contribution in [0.2, 0.25) is 0 Å². The Morgan fingerprint density at radius 2 is 1.82 bits per heavy atom. The number of carbonyl (C=O) groups excluding carboxylic acids is 2. The lowest BCUT2D eigenvalue weighted by molar-refractivity contribution is -0.138. The molecule has 1 fully saturated rings. The predicted octanol–water partition coefficient (Wildman–Crippen LogP) is 0.717. The summed E-state index contributed by atoms with van der Waals surface area (Å²) in [5.41, 5.74) is 17.0. The van der Waals surface area contributed by atoms with Crippen LogP contribution in [0.4, 0.5) is 0 Å². The number of hydrogen-bond donors (Lipinski definition) is 4. The van der Waals surface area contributed by atoms with Gasteiger partial charge in [0, 0.05) is 29.0 Å². The van der Waals surface area contributed by atoms with Gasteiger partial charge in [0.1, 0.15) is 12.6 Å². The Labute approximate surface area is 167 Å². The Bertz CT molecular complexity index is 661. The highest BCUT2D eigenvalue weighted by atomic mass is 35.5. The van der Waals surface area contributed by atoms with Crippen LogP contribution in [-0.2, 0) is 14.4 Å². The highest BCUT2D eigenvalue weighted by Gasteiger charge is 2.39. The van der Waals surface area contributed by atoms with Gasteiger partial charge in [-0.25, -0.2) is 0 Å². The Morgan fingerprint density at radius 3 is 2.36 bits per heavy atom. The summed E-state index contributed by atoms with van der Waals surface area (Å²) in [6, 6.07) is -1.91. The molecule has 0 radical (unpaired) electrons. The lowest BCUT2D eigenvalue weighted by atomic mass is 9.97. The minimum Gasteiger partial charge on any atom is -0.480 e. The molecule has 0 unspecified atom stereocenters. The van der Waals surface area contributed by atoms with Gasteiger partial charge in [-0.05, 0) is 29.3 Å². The van der Waals surface area contributed by atoms with Gasteiger partial charge in [0.05, 0.1) is 6.04 Å². The van der Waals surface area contributed by atoms with Crippen LogP contribution in [0.5, 0.6) is 0 Å². The van der Waals surface area contributed by atoms with Gasteiger partial charge >= 0.3 is 5.97 Å². The average molecular weight is 418 g/mol. The zero-order valence-electron chi connectivity index (χ0n) is 15.5. The molecule has 14 heteroatoms. The molecule has 1 rings (SSSR count). The molecule has 13 nitrogen and oxygen atoms in total. The first-order chi connectivity index (χ1) is 12.8. The summed E-state index contributed by atoms with van der Waals surface area (Å²) in [6.07, 6.45) is 0.466. The molecule has 1 heterocycles. The van der Waals surface area contributed by atoms with Crippen LogP contribution in [0.3, 0.4) is 0 Å². The van der Waals surface area contributed by atoms with Crippen molar-refractivity contribution in [1.29, 1.82) is 0 Å². The zero-order valence-corrected chi connectivity index (χ0v) is 16.3. The number of halogens is 1. The number of carboxylic acids is 1. The third-order valence-corrected chi connectivity index (χ3v) is 4.16. The molecule has 0 aromatic heterocycles. The molecule has 1 aliphatic heterocycles. The van der Waals surface area contributed by atoms with Crippen molar-refractivity contribution in [3.8, 4) is 0 Å². The van der Waals surface area contributed by atoms with E-state index in [4.69, 9.17) is 16.2 Å². The number of nitrogens with zero attached hydrogens (tertiary/aromatic N) is 6. The topological polar surface area (TPSA) is 205 Å². The normalized spacial score (nSPS) is 21.5. The van der Waals surface area contributed by atoms with Crippen LogP contribution in [-0.4, -0.2) is 60.6 Å². The molecule has 1 aliphatic rings. The molecule has 0 aromatic rings. The van der Waals surface area contributed by atoms with E-state index in [1.54, 1.807) is 13.8 Å². The number of amides is 2. The van der Waals surface area contributed by atoms with Crippen molar-refractivity contribution in [1.82, 2.24) is 16.0 Å². The summed E-state index contributed by atoms with van der Waals surface area (Å²) in [6.45, 7) is 3.10. The molecule has 2 amide bonds. The Hall–Kier alpha value is -2.72. The van der Waals surface area contributed by atoms with Crippen molar-refractivity contribution in [2.24, 2.45) is 22.1 Å². The van der Waals surface area contributed by atoms with Crippen molar-refractivity contribution < 1.29 is 19.5 Å². The van der Waals surface area contributed by atoms with Crippen molar-refractivity contribution in [2.45, 2.75) is 38.4 Å². The maximum atomic E-state index is 12.7. The smallest absolute Gasteiger partial charge is 0.322 e. The van der Waals surface area contributed by atoms with E-state index in [2.05, 4.69) is 36.0 Å². The van der Waals surface area contributed by atoms with Gasteiger partial charge in [-0.15, -0.1) is 12.4 Å². The number of carboxylic acid groups (broad SMARTS) is 1. The van der Waals surface area contributed by atoms with Crippen molar-refractivity contribution in [3.63, 3.8) is 0 Å². The molecular weight excluding hydrogens is 394 g/mol. The number of rotatable bonds is 10. The average Bonchev–Trinajstić information content (AvgIpc) is 3.03. The fourth-order valence-electron chi connectivity index (χ4n) is 2.88. The molecule has 1 saturated heterocycles. The predicted molar refractivity (Wildman–Crippen MR) is 102 cm³/mol. The quantitative estimate of drug-likeness (QED) is 0.229. The molecule has 0 spiro atoms. The van der Waals surface area contributed by atoms with Crippen LogP contribution < -0.4 is 16.0 Å². The van der Waals surface area contributed by atoms with Crippen molar-refractivity contribution in [3.05, 3.63) is 20.9 Å². The first kappa shape index (κ1) is 25.3. The minimum atomic E-state index is -1.19. The summed E-state index contributed by atoms with van der Waals surface area (Å²) in [5, 5.41) is 23.6. The summed E-state index contributed by atoms with van der Waals surface area (Å²) in [5.74, 6) is -2.87. The molecule has 0 saturated carbocycles. The Kier molecular flexibility index (Phi) is 11.4. The van der Waals surface area contributed by atoms with Crippen LogP contribution in [0.25, 0.3) is 20.9 Å². The van der Waals surface area contributed by atoms with E-state index in [-0.39, 0.29) is 43.4 Å². The first-order valence-corrected chi connectivity index (χ1v) is 8.37.